The van der Waals surface area contributed by atoms with Gasteiger partial charge in [-0.2, -0.15) is 0 Å². The summed E-state index contributed by atoms with van der Waals surface area (Å²) < 4.78 is 30.0. The van der Waals surface area contributed by atoms with Gasteiger partial charge in [-0.1, -0.05) is 20.8 Å². The number of aliphatic hydroxyl groups is 1. The first kappa shape index (κ1) is 30.7. The topological polar surface area (TPSA) is 83.5 Å². The van der Waals surface area contributed by atoms with Crippen molar-refractivity contribution in [2.75, 3.05) is 27.1 Å². The minimum absolute atomic E-state index is 0.210. The molecule has 0 aromatic rings. The number of methoxy groups -OCH3 is 1. The van der Waals surface area contributed by atoms with Crippen molar-refractivity contribution in [2.24, 2.45) is 46.3 Å². The summed E-state index contributed by atoms with van der Waals surface area (Å²) in [7, 11) is 1.73. The standard InChI is InChI=1S/C33H56O7/c1-21(8-11-28(30(3,4)35)40-22(2)34)24-9-10-25-29-26(12-13-32(24,25)6)31(5)14-15-33(38-16-17-39-33)19-23(31)18-27(29)37-20-36-7/h21,23-29,35H,8-20H2,1-7H3/t21-,23+,24-,25+,26+,27-,28-,29+,31+,32-/m1/s1. The Bertz CT molecular complexity index is 894. The first-order valence-corrected chi connectivity index (χ1v) is 16.1. The predicted octanol–water partition coefficient (Wildman–Crippen LogP) is 6.11. The Morgan fingerprint density at radius 2 is 1.73 bits per heavy atom. The average molecular weight is 565 g/mol. The van der Waals surface area contributed by atoms with E-state index in [1.165, 1.54) is 39.0 Å². The second-order valence-electron chi connectivity index (χ2n) is 15.2. The summed E-state index contributed by atoms with van der Waals surface area (Å²) in [5.74, 6) is 2.84. The molecule has 10 atom stereocenters. The van der Waals surface area contributed by atoms with Crippen LogP contribution in [-0.4, -0.2) is 61.8 Å². The van der Waals surface area contributed by atoms with Gasteiger partial charge >= 0.3 is 5.97 Å². The molecule has 0 amide bonds. The fourth-order valence-electron chi connectivity index (χ4n) is 10.6. The Hall–Kier alpha value is -0.730. The molecule has 1 spiro atoms. The fraction of sp³-hybridized carbons (Fsp3) is 0.970. The Morgan fingerprint density at radius 1 is 1.02 bits per heavy atom. The van der Waals surface area contributed by atoms with Crippen LogP contribution in [0.15, 0.2) is 0 Å². The highest BCUT2D eigenvalue weighted by Gasteiger charge is 2.65. The molecule has 1 saturated heterocycles. The third kappa shape index (κ3) is 5.52. The zero-order valence-electron chi connectivity index (χ0n) is 26.2. The highest BCUT2D eigenvalue weighted by atomic mass is 16.7. The zero-order valence-corrected chi connectivity index (χ0v) is 26.2. The van der Waals surface area contributed by atoms with Gasteiger partial charge in [0.05, 0.1) is 24.9 Å². The Kier molecular flexibility index (Phi) is 8.76. The molecule has 40 heavy (non-hydrogen) atoms. The van der Waals surface area contributed by atoms with Gasteiger partial charge in [0, 0.05) is 26.9 Å². The van der Waals surface area contributed by atoms with E-state index in [9.17, 15) is 9.90 Å². The molecular formula is C33H56O7. The molecule has 0 aromatic heterocycles. The van der Waals surface area contributed by atoms with Crippen molar-refractivity contribution in [3.8, 4) is 0 Å². The summed E-state index contributed by atoms with van der Waals surface area (Å²) in [4.78, 5) is 11.7. The molecule has 0 aromatic carbocycles. The largest absolute Gasteiger partial charge is 0.460 e. The Morgan fingerprint density at radius 3 is 2.38 bits per heavy atom. The molecule has 5 fully saturated rings. The smallest absolute Gasteiger partial charge is 0.303 e. The number of carbonyl (C=O) groups excluding carboxylic acids is 1. The maximum atomic E-state index is 11.7. The van der Waals surface area contributed by atoms with E-state index in [4.69, 9.17) is 23.7 Å². The van der Waals surface area contributed by atoms with E-state index < -0.39 is 11.7 Å². The lowest BCUT2D eigenvalue weighted by molar-refractivity contribution is -0.253. The van der Waals surface area contributed by atoms with E-state index in [0.29, 0.717) is 54.1 Å². The number of esters is 1. The molecule has 5 aliphatic rings. The number of carbonyl (C=O) groups is 1. The van der Waals surface area contributed by atoms with Gasteiger partial charge in [0.2, 0.25) is 0 Å². The molecular weight excluding hydrogens is 508 g/mol. The van der Waals surface area contributed by atoms with Crippen LogP contribution >= 0.6 is 0 Å². The molecule has 230 valence electrons. The first-order chi connectivity index (χ1) is 18.8. The normalized spacial score (nSPS) is 42.1. The molecule has 1 heterocycles. The second-order valence-corrected chi connectivity index (χ2v) is 15.2. The molecule has 0 radical (unpaired) electrons. The number of rotatable bonds is 9. The zero-order chi connectivity index (χ0) is 28.9. The number of hydrogen-bond donors (Lipinski definition) is 1. The van der Waals surface area contributed by atoms with Gasteiger partial charge in [-0.15, -0.1) is 0 Å². The Labute approximate surface area is 242 Å². The van der Waals surface area contributed by atoms with Crippen molar-refractivity contribution < 1.29 is 33.6 Å². The first-order valence-electron chi connectivity index (χ1n) is 16.1. The third-order valence-corrected chi connectivity index (χ3v) is 12.6. The van der Waals surface area contributed by atoms with Gasteiger partial charge in [0.25, 0.3) is 0 Å². The van der Waals surface area contributed by atoms with E-state index in [0.717, 1.165) is 38.9 Å². The minimum atomic E-state index is -1.04. The van der Waals surface area contributed by atoms with Crippen LogP contribution in [0.1, 0.15) is 106 Å². The molecule has 4 aliphatic carbocycles. The van der Waals surface area contributed by atoms with Crippen molar-refractivity contribution in [3.05, 3.63) is 0 Å². The maximum absolute atomic E-state index is 11.7. The summed E-state index contributed by atoms with van der Waals surface area (Å²) in [6, 6.07) is 0. The minimum Gasteiger partial charge on any atom is -0.460 e. The van der Waals surface area contributed by atoms with Crippen LogP contribution in [0, 0.1) is 46.3 Å². The van der Waals surface area contributed by atoms with Crippen LogP contribution in [-0.2, 0) is 28.5 Å². The monoisotopic (exact) mass is 564 g/mol. The van der Waals surface area contributed by atoms with Crippen molar-refractivity contribution in [3.63, 3.8) is 0 Å². The van der Waals surface area contributed by atoms with E-state index >= 15 is 0 Å². The number of fused-ring (bicyclic) bond motifs is 5. The van der Waals surface area contributed by atoms with Gasteiger partial charge in [0.15, 0.2) is 5.79 Å². The summed E-state index contributed by atoms with van der Waals surface area (Å²) in [5.41, 5.74) is -0.469. The van der Waals surface area contributed by atoms with Crippen LogP contribution in [0.5, 0.6) is 0 Å². The molecule has 7 heteroatoms. The van der Waals surface area contributed by atoms with Crippen LogP contribution in [0.4, 0.5) is 0 Å². The van der Waals surface area contributed by atoms with Crippen molar-refractivity contribution in [1.29, 1.82) is 0 Å². The van der Waals surface area contributed by atoms with E-state index in [2.05, 4.69) is 20.8 Å². The number of hydrogen-bond acceptors (Lipinski definition) is 7. The van der Waals surface area contributed by atoms with Crippen LogP contribution < -0.4 is 0 Å². The lowest BCUT2D eigenvalue weighted by Crippen LogP contribution is -2.60. The molecule has 1 aliphatic heterocycles. The van der Waals surface area contributed by atoms with Gasteiger partial charge < -0.3 is 28.8 Å². The van der Waals surface area contributed by atoms with E-state index in [-0.39, 0.29) is 23.3 Å². The van der Waals surface area contributed by atoms with Crippen molar-refractivity contribution in [1.82, 2.24) is 0 Å². The van der Waals surface area contributed by atoms with E-state index in [1.54, 1.807) is 21.0 Å². The maximum Gasteiger partial charge on any atom is 0.303 e. The SMILES string of the molecule is COCO[C@@H]1C[C@H]2CC3(CC[C@]2(C)[C@H]2CC[C@]4(C)[C@@H]([C@H](C)CC[C@@H](OC(C)=O)C(C)(C)O)CC[C@H]4[C@H]12)OCCO3. The van der Waals surface area contributed by atoms with Gasteiger partial charge in [-0.05, 0) is 112 Å². The third-order valence-electron chi connectivity index (χ3n) is 12.6. The lowest BCUT2D eigenvalue weighted by Gasteiger charge is -2.63. The lowest BCUT2D eigenvalue weighted by atomic mass is 9.43. The molecule has 0 unspecified atom stereocenters. The summed E-state index contributed by atoms with van der Waals surface area (Å²) in [6.45, 7) is 14.2. The molecule has 1 N–H and O–H groups in total. The highest BCUT2D eigenvalue weighted by Crippen LogP contribution is 2.69. The van der Waals surface area contributed by atoms with Crippen LogP contribution in [0.25, 0.3) is 0 Å². The highest BCUT2D eigenvalue weighted by molar-refractivity contribution is 5.66. The predicted molar refractivity (Wildman–Crippen MR) is 152 cm³/mol. The van der Waals surface area contributed by atoms with Gasteiger partial charge in [-0.3, -0.25) is 4.79 Å². The van der Waals surface area contributed by atoms with Gasteiger partial charge in [0.1, 0.15) is 12.9 Å². The number of ether oxygens (including phenoxy) is 5. The summed E-state index contributed by atoms with van der Waals surface area (Å²) >= 11 is 0. The summed E-state index contributed by atoms with van der Waals surface area (Å²) in [6.07, 6.45) is 10.7. The van der Waals surface area contributed by atoms with Crippen LogP contribution in [0.2, 0.25) is 0 Å². The molecule has 5 rings (SSSR count). The van der Waals surface area contributed by atoms with E-state index in [1.807, 2.05) is 0 Å². The quantitative estimate of drug-likeness (QED) is 0.267. The fourth-order valence-corrected chi connectivity index (χ4v) is 10.6. The van der Waals surface area contributed by atoms with Crippen LogP contribution in [0.3, 0.4) is 0 Å². The average Bonchev–Trinajstić information content (AvgIpc) is 3.49. The van der Waals surface area contributed by atoms with Gasteiger partial charge in [-0.25, -0.2) is 0 Å². The molecule has 7 nitrogen and oxygen atoms in total. The second kappa shape index (κ2) is 11.4. The van der Waals surface area contributed by atoms with Crippen molar-refractivity contribution in [2.45, 2.75) is 129 Å². The molecule has 4 saturated carbocycles. The molecule has 0 bridgehead atoms. The van der Waals surface area contributed by atoms with Crippen molar-refractivity contribution >= 4 is 5.97 Å². The Balaban J connectivity index is 1.33. The summed E-state index contributed by atoms with van der Waals surface area (Å²) in [5, 5.41) is 10.6.